The van der Waals surface area contributed by atoms with E-state index in [-0.39, 0.29) is 5.91 Å². The number of ether oxygens (including phenoxy) is 3. The van der Waals surface area contributed by atoms with E-state index >= 15 is 0 Å². The van der Waals surface area contributed by atoms with Gasteiger partial charge < -0.3 is 19.5 Å². The summed E-state index contributed by atoms with van der Waals surface area (Å²) in [6.45, 7) is 2.34. The van der Waals surface area contributed by atoms with Gasteiger partial charge in [0, 0.05) is 30.8 Å². The first-order chi connectivity index (χ1) is 10.8. The Kier molecular flexibility index (Phi) is 6.86. The monoisotopic (exact) mass is 325 g/mol. The molecule has 1 amide bonds. The fraction of sp³-hybridized carbons (Fsp3) is 0.562. The van der Waals surface area contributed by atoms with Crippen LogP contribution < -0.4 is 14.8 Å². The van der Waals surface area contributed by atoms with Crippen molar-refractivity contribution in [3.8, 4) is 11.5 Å². The van der Waals surface area contributed by atoms with Crippen LogP contribution in [0.4, 0.5) is 0 Å². The first-order valence-electron chi connectivity index (χ1n) is 7.44. The standard InChI is InChI=1S/C16H23NO4S/c1-19-14-5-3-4-13(15(14)20-2)16(18)17-8-11-22-12-6-9-21-10-7-12/h3-5,12H,6-11H2,1-2H3,(H,17,18). The molecule has 5 nitrogen and oxygen atoms in total. The Bertz CT molecular complexity index is 489. The predicted molar refractivity (Wildman–Crippen MR) is 88.2 cm³/mol. The van der Waals surface area contributed by atoms with Crippen LogP contribution in [0.2, 0.25) is 0 Å². The van der Waals surface area contributed by atoms with Crippen LogP contribution in [0, 0.1) is 0 Å². The van der Waals surface area contributed by atoms with Gasteiger partial charge in [0.15, 0.2) is 11.5 Å². The minimum absolute atomic E-state index is 0.136. The summed E-state index contributed by atoms with van der Waals surface area (Å²) in [6, 6.07) is 5.30. The molecule has 0 aromatic heterocycles. The van der Waals surface area contributed by atoms with Crippen molar-refractivity contribution in [1.82, 2.24) is 5.32 Å². The lowest BCUT2D eigenvalue weighted by Gasteiger charge is -2.21. The first kappa shape index (κ1) is 17.0. The van der Waals surface area contributed by atoms with Crippen LogP contribution in [0.3, 0.4) is 0 Å². The Morgan fingerprint density at radius 2 is 2.09 bits per heavy atom. The summed E-state index contributed by atoms with van der Waals surface area (Å²) in [5, 5.41) is 3.59. The second-order valence-electron chi connectivity index (χ2n) is 4.98. The summed E-state index contributed by atoms with van der Waals surface area (Å²) in [5.41, 5.74) is 0.498. The van der Waals surface area contributed by atoms with Crippen molar-refractivity contribution in [1.29, 1.82) is 0 Å². The van der Waals surface area contributed by atoms with E-state index in [0.29, 0.717) is 28.9 Å². The normalized spacial score (nSPS) is 15.4. The van der Waals surface area contributed by atoms with Crippen molar-refractivity contribution < 1.29 is 19.0 Å². The summed E-state index contributed by atoms with van der Waals surface area (Å²) in [5.74, 6) is 1.80. The molecule has 0 aliphatic carbocycles. The highest BCUT2D eigenvalue weighted by molar-refractivity contribution is 7.99. The second kappa shape index (κ2) is 8.90. The summed E-state index contributed by atoms with van der Waals surface area (Å²) >= 11 is 1.90. The molecule has 1 aromatic rings. The van der Waals surface area contributed by atoms with Gasteiger partial charge in [-0.25, -0.2) is 0 Å². The molecule has 1 heterocycles. The fourth-order valence-electron chi connectivity index (χ4n) is 2.39. The number of rotatable bonds is 7. The highest BCUT2D eigenvalue weighted by Gasteiger charge is 2.17. The fourth-order valence-corrected chi connectivity index (χ4v) is 3.47. The van der Waals surface area contributed by atoms with E-state index in [2.05, 4.69) is 5.32 Å². The molecule has 1 aliphatic rings. The highest BCUT2D eigenvalue weighted by Crippen LogP contribution is 2.30. The van der Waals surface area contributed by atoms with Gasteiger partial charge in [0.05, 0.1) is 19.8 Å². The molecule has 122 valence electrons. The molecule has 0 spiro atoms. The van der Waals surface area contributed by atoms with Crippen molar-refractivity contribution >= 4 is 17.7 Å². The lowest BCUT2D eigenvalue weighted by Crippen LogP contribution is -2.27. The quantitative estimate of drug-likeness (QED) is 0.780. The molecule has 0 radical (unpaired) electrons. The van der Waals surface area contributed by atoms with Crippen molar-refractivity contribution in [2.75, 3.05) is 39.7 Å². The third-order valence-electron chi connectivity index (χ3n) is 3.56. The van der Waals surface area contributed by atoms with Gasteiger partial charge in [-0.05, 0) is 25.0 Å². The third-order valence-corrected chi connectivity index (χ3v) is 4.94. The van der Waals surface area contributed by atoms with Crippen LogP contribution in [0.15, 0.2) is 18.2 Å². The first-order valence-corrected chi connectivity index (χ1v) is 8.49. The van der Waals surface area contributed by atoms with Gasteiger partial charge in [0.25, 0.3) is 5.91 Å². The van der Waals surface area contributed by atoms with Gasteiger partial charge in [-0.2, -0.15) is 11.8 Å². The zero-order valence-electron chi connectivity index (χ0n) is 13.1. The van der Waals surface area contributed by atoms with Crippen molar-refractivity contribution in [2.24, 2.45) is 0 Å². The second-order valence-corrected chi connectivity index (χ2v) is 6.39. The summed E-state index contributed by atoms with van der Waals surface area (Å²) < 4.78 is 15.8. The maximum atomic E-state index is 12.3. The number of hydrogen-bond donors (Lipinski definition) is 1. The maximum absolute atomic E-state index is 12.3. The smallest absolute Gasteiger partial charge is 0.255 e. The number of benzene rings is 1. The Balaban J connectivity index is 1.82. The average Bonchev–Trinajstić information content (AvgIpc) is 2.58. The molecule has 0 saturated carbocycles. The number of hydrogen-bond acceptors (Lipinski definition) is 5. The van der Waals surface area contributed by atoms with E-state index in [1.165, 1.54) is 7.11 Å². The number of nitrogens with one attached hydrogen (secondary N) is 1. The van der Waals surface area contributed by atoms with Gasteiger partial charge in [-0.1, -0.05) is 6.07 Å². The molecule has 2 rings (SSSR count). The van der Waals surface area contributed by atoms with Crippen molar-refractivity contribution in [3.63, 3.8) is 0 Å². The summed E-state index contributed by atoms with van der Waals surface area (Å²) in [4.78, 5) is 12.3. The van der Waals surface area contributed by atoms with Crippen LogP contribution in [-0.4, -0.2) is 50.9 Å². The molecule has 0 atom stereocenters. The van der Waals surface area contributed by atoms with Gasteiger partial charge >= 0.3 is 0 Å². The van der Waals surface area contributed by atoms with Crippen LogP contribution in [0.5, 0.6) is 11.5 Å². The number of amides is 1. The van der Waals surface area contributed by atoms with Crippen molar-refractivity contribution in [3.05, 3.63) is 23.8 Å². The van der Waals surface area contributed by atoms with Gasteiger partial charge in [-0.3, -0.25) is 4.79 Å². The van der Waals surface area contributed by atoms with E-state index in [1.807, 2.05) is 11.8 Å². The molecule has 22 heavy (non-hydrogen) atoms. The van der Waals surface area contributed by atoms with Crippen LogP contribution in [0.1, 0.15) is 23.2 Å². The molecule has 1 aliphatic heterocycles. The maximum Gasteiger partial charge on any atom is 0.255 e. The number of thioether (sulfide) groups is 1. The SMILES string of the molecule is COc1cccc(C(=O)NCCSC2CCOCC2)c1OC. The van der Waals surface area contributed by atoms with E-state index in [4.69, 9.17) is 14.2 Å². The molecule has 1 aromatic carbocycles. The third kappa shape index (κ3) is 4.55. The molecule has 1 fully saturated rings. The summed E-state index contributed by atoms with van der Waals surface area (Å²) in [6.07, 6.45) is 2.20. The topological polar surface area (TPSA) is 56.8 Å². The Hall–Kier alpha value is -1.40. The van der Waals surface area contributed by atoms with E-state index in [1.54, 1.807) is 25.3 Å². The van der Waals surface area contributed by atoms with Gasteiger partial charge in [-0.15, -0.1) is 0 Å². The van der Waals surface area contributed by atoms with Crippen LogP contribution >= 0.6 is 11.8 Å². The molecule has 1 N–H and O–H groups in total. The lowest BCUT2D eigenvalue weighted by atomic mass is 10.1. The van der Waals surface area contributed by atoms with Crippen LogP contribution in [-0.2, 0) is 4.74 Å². The molecule has 0 unspecified atom stereocenters. The zero-order valence-corrected chi connectivity index (χ0v) is 13.9. The van der Waals surface area contributed by atoms with Gasteiger partial charge in [0.1, 0.15) is 0 Å². The number of carbonyl (C=O) groups excluding carboxylic acids is 1. The highest BCUT2D eigenvalue weighted by atomic mass is 32.2. The molecule has 1 saturated heterocycles. The molecule has 6 heteroatoms. The Labute approximate surface area is 135 Å². The average molecular weight is 325 g/mol. The molecular weight excluding hydrogens is 302 g/mol. The molecular formula is C16H23NO4S. The number of para-hydroxylation sites is 1. The summed E-state index contributed by atoms with van der Waals surface area (Å²) in [7, 11) is 3.10. The minimum Gasteiger partial charge on any atom is -0.493 e. The number of carbonyl (C=O) groups is 1. The number of methoxy groups -OCH3 is 2. The van der Waals surface area contributed by atoms with Crippen molar-refractivity contribution in [2.45, 2.75) is 18.1 Å². The minimum atomic E-state index is -0.136. The van der Waals surface area contributed by atoms with E-state index in [9.17, 15) is 4.79 Å². The Morgan fingerprint density at radius 3 is 2.77 bits per heavy atom. The van der Waals surface area contributed by atoms with Crippen LogP contribution in [0.25, 0.3) is 0 Å². The largest absolute Gasteiger partial charge is 0.493 e. The van der Waals surface area contributed by atoms with E-state index < -0.39 is 0 Å². The van der Waals surface area contributed by atoms with Gasteiger partial charge in [0.2, 0.25) is 0 Å². The van der Waals surface area contributed by atoms with E-state index in [0.717, 1.165) is 31.8 Å². The predicted octanol–water partition coefficient (Wildman–Crippen LogP) is 2.35. The Morgan fingerprint density at radius 1 is 1.32 bits per heavy atom. The molecule has 0 bridgehead atoms. The zero-order chi connectivity index (χ0) is 15.8. The lowest BCUT2D eigenvalue weighted by molar-refractivity contribution is 0.0951.